The number of hydrogen-bond acceptors (Lipinski definition) is 2. The molecule has 2 aromatic rings. The number of aromatic nitrogens is 1. The van der Waals surface area contributed by atoms with Crippen LogP contribution in [0, 0.1) is 0 Å². The van der Waals surface area contributed by atoms with Crippen molar-refractivity contribution < 1.29 is 0 Å². The Labute approximate surface area is 107 Å². The zero-order valence-electron chi connectivity index (χ0n) is 7.51. The van der Waals surface area contributed by atoms with Gasteiger partial charge in [-0.25, -0.2) is 4.98 Å². The first-order valence-corrected chi connectivity index (χ1v) is 6.27. The number of hydrogen-bond donors (Lipinski definition) is 0. The smallest absolute Gasteiger partial charge is 0.123 e. The van der Waals surface area contributed by atoms with Gasteiger partial charge in [0.1, 0.15) is 5.01 Å². The summed E-state index contributed by atoms with van der Waals surface area (Å²) in [5, 5.41) is 2.11. The Morgan fingerprint density at radius 3 is 2.33 bits per heavy atom. The van der Waals surface area contributed by atoms with E-state index in [-0.39, 0.29) is 0 Å². The summed E-state index contributed by atoms with van der Waals surface area (Å²) in [6.07, 6.45) is 1.77. The van der Waals surface area contributed by atoms with Gasteiger partial charge >= 0.3 is 0 Å². The van der Waals surface area contributed by atoms with Gasteiger partial charge in [0, 0.05) is 26.7 Å². The highest BCUT2D eigenvalue weighted by atomic mass is 35.5. The molecule has 0 aliphatic rings. The molecule has 1 heterocycles. The van der Waals surface area contributed by atoms with Crippen molar-refractivity contribution >= 4 is 46.1 Å². The lowest BCUT2D eigenvalue weighted by atomic mass is 10.2. The van der Waals surface area contributed by atoms with Crippen LogP contribution in [0.4, 0.5) is 0 Å². The van der Waals surface area contributed by atoms with Crippen LogP contribution < -0.4 is 0 Å². The Bertz CT molecular complexity index is 461. The fourth-order valence-electron chi connectivity index (χ4n) is 1.18. The minimum absolute atomic E-state index is 0.478. The molecule has 0 unspecified atom stereocenters. The Morgan fingerprint density at radius 2 is 1.80 bits per heavy atom. The number of benzene rings is 1. The predicted molar refractivity (Wildman–Crippen MR) is 67.1 cm³/mol. The first-order chi connectivity index (χ1) is 7.19. The van der Waals surface area contributed by atoms with Crippen LogP contribution >= 0.6 is 46.1 Å². The molecule has 0 N–H and O–H groups in total. The highest BCUT2D eigenvalue weighted by Crippen LogP contribution is 2.30. The Morgan fingerprint density at radius 1 is 1.13 bits per heavy atom. The molecule has 2 rings (SSSR count). The zero-order valence-corrected chi connectivity index (χ0v) is 10.6. The highest BCUT2D eigenvalue weighted by Gasteiger charge is 2.06. The molecule has 0 aliphatic heterocycles. The molecule has 1 aromatic carbocycles. The summed E-state index contributed by atoms with van der Waals surface area (Å²) < 4.78 is 0. The van der Waals surface area contributed by atoms with Gasteiger partial charge in [-0.1, -0.05) is 23.2 Å². The van der Waals surface area contributed by atoms with Crippen molar-refractivity contribution in [3.05, 3.63) is 39.3 Å². The van der Waals surface area contributed by atoms with Gasteiger partial charge in [-0.3, -0.25) is 0 Å². The van der Waals surface area contributed by atoms with Gasteiger partial charge in [0.05, 0.1) is 5.88 Å². The van der Waals surface area contributed by atoms with E-state index >= 15 is 0 Å². The number of rotatable bonds is 2. The van der Waals surface area contributed by atoms with Gasteiger partial charge in [0.25, 0.3) is 0 Å². The lowest BCUT2D eigenvalue weighted by Gasteiger charge is -1.98. The fraction of sp³-hybridized carbons (Fsp3) is 0.100. The normalized spacial score (nSPS) is 10.6. The molecule has 0 saturated carbocycles. The van der Waals surface area contributed by atoms with Crippen molar-refractivity contribution in [3.8, 4) is 10.6 Å². The molecule has 0 saturated heterocycles. The van der Waals surface area contributed by atoms with Gasteiger partial charge in [0.15, 0.2) is 0 Å². The van der Waals surface area contributed by atoms with E-state index in [1.165, 1.54) is 0 Å². The minimum Gasteiger partial charge on any atom is -0.244 e. The summed E-state index contributed by atoms with van der Waals surface area (Å²) in [5.74, 6) is 0.478. The van der Waals surface area contributed by atoms with Gasteiger partial charge in [-0.2, -0.15) is 0 Å². The number of thiazole rings is 1. The summed E-state index contributed by atoms with van der Waals surface area (Å²) >= 11 is 19.1. The predicted octanol–water partition coefficient (Wildman–Crippen LogP) is 4.86. The second-order valence-corrected chi connectivity index (χ2v) is 5.18. The second kappa shape index (κ2) is 4.71. The van der Waals surface area contributed by atoms with Crippen LogP contribution in [0.15, 0.2) is 24.4 Å². The van der Waals surface area contributed by atoms with Gasteiger partial charge in [-0.15, -0.1) is 22.9 Å². The third-order valence-electron chi connectivity index (χ3n) is 1.79. The molecule has 15 heavy (non-hydrogen) atoms. The molecule has 0 bridgehead atoms. The van der Waals surface area contributed by atoms with Gasteiger partial charge in [-0.05, 0) is 18.2 Å². The molecule has 0 atom stereocenters. The van der Waals surface area contributed by atoms with Crippen LogP contribution in [0.5, 0.6) is 0 Å². The first-order valence-electron chi connectivity index (χ1n) is 4.16. The molecule has 0 amide bonds. The lowest BCUT2D eigenvalue weighted by Crippen LogP contribution is -1.75. The topological polar surface area (TPSA) is 12.9 Å². The molecule has 0 aliphatic carbocycles. The fourth-order valence-corrected chi connectivity index (χ4v) is 2.69. The van der Waals surface area contributed by atoms with E-state index in [0.29, 0.717) is 15.9 Å². The van der Waals surface area contributed by atoms with E-state index < -0.39 is 0 Å². The third kappa shape index (κ3) is 2.64. The Balaban J connectivity index is 2.44. The average molecular weight is 279 g/mol. The van der Waals surface area contributed by atoms with Gasteiger partial charge in [0.2, 0.25) is 0 Å². The van der Waals surface area contributed by atoms with E-state index in [2.05, 4.69) is 4.98 Å². The third-order valence-corrected chi connectivity index (χ3v) is 3.72. The van der Waals surface area contributed by atoms with Crippen LogP contribution in [0.1, 0.15) is 4.88 Å². The van der Waals surface area contributed by atoms with Crippen LogP contribution in [0.3, 0.4) is 0 Å². The minimum atomic E-state index is 0.478. The molecule has 1 nitrogen and oxygen atoms in total. The maximum Gasteiger partial charge on any atom is 0.123 e. The Hall–Kier alpha value is -0.280. The highest BCUT2D eigenvalue weighted by molar-refractivity contribution is 7.15. The van der Waals surface area contributed by atoms with Crippen molar-refractivity contribution in [1.82, 2.24) is 4.98 Å². The van der Waals surface area contributed by atoms with Crippen LogP contribution in [-0.4, -0.2) is 4.98 Å². The summed E-state index contributed by atoms with van der Waals surface area (Å²) in [5.41, 5.74) is 0.925. The first kappa shape index (κ1) is 11.2. The van der Waals surface area contributed by atoms with Crippen molar-refractivity contribution in [2.45, 2.75) is 5.88 Å². The zero-order chi connectivity index (χ0) is 10.8. The molecule has 78 valence electrons. The number of alkyl halides is 1. The van der Waals surface area contributed by atoms with Crippen LogP contribution in [0.25, 0.3) is 10.6 Å². The largest absolute Gasteiger partial charge is 0.244 e. The van der Waals surface area contributed by atoms with Crippen LogP contribution in [-0.2, 0) is 5.88 Å². The van der Waals surface area contributed by atoms with Crippen molar-refractivity contribution in [1.29, 1.82) is 0 Å². The van der Waals surface area contributed by atoms with Crippen LogP contribution in [0.2, 0.25) is 10.0 Å². The van der Waals surface area contributed by atoms with E-state index in [0.717, 1.165) is 15.4 Å². The molecular formula is C10H6Cl3NS. The maximum absolute atomic E-state index is 5.91. The van der Waals surface area contributed by atoms with E-state index in [1.54, 1.807) is 23.6 Å². The molecule has 0 radical (unpaired) electrons. The molecule has 0 fully saturated rings. The molecule has 0 spiro atoms. The SMILES string of the molecule is ClCc1cnc(-c2cc(Cl)cc(Cl)c2)s1. The average Bonchev–Trinajstić information content (AvgIpc) is 2.64. The summed E-state index contributed by atoms with van der Waals surface area (Å²) in [7, 11) is 0. The molecule has 5 heteroatoms. The molecular weight excluding hydrogens is 273 g/mol. The Kier molecular flexibility index (Phi) is 3.52. The number of nitrogens with zero attached hydrogens (tertiary/aromatic N) is 1. The molecule has 1 aromatic heterocycles. The quantitative estimate of drug-likeness (QED) is 0.715. The number of halogens is 3. The standard InChI is InChI=1S/C10H6Cl3NS/c11-4-9-5-14-10(15-9)6-1-7(12)3-8(13)2-6/h1-3,5H,4H2. The summed E-state index contributed by atoms with van der Waals surface area (Å²) in [6.45, 7) is 0. The second-order valence-electron chi connectivity index (χ2n) is 2.92. The monoisotopic (exact) mass is 277 g/mol. The van der Waals surface area contributed by atoms with Crippen molar-refractivity contribution in [3.63, 3.8) is 0 Å². The van der Waals surface area contributed by atoms with E-state index in [1.807, 2.05) is 12.1 Å². The van der Waals surface area contributed by atoms with E-state index in [9.17, 15) is 0 Å². The van der Waals surface area contributed by atoms with Crippen molar-refractivity contribution in [2.75, 3.05) is 0 Å². The summed E-state index contributed by atoms with van der Waals surface area (Å²) in [6, 6.07) is 5.37. The summed E-state index contributed by atoms with van der Waals surface area (Å²) in [4.78, 5) is 5.29. The van der Waals surface area contributed by atoms with E-state index in [4.69, 9.17) is 34.8 Å². The lowest BCUT2D eigenvalue weighted by molar-refractivity contribution is 1.36. The van der Waals surface area contributed by atoms with Crippen molar-refractivity contribution in [2.24, 2.45) is 0 Å². The maximum atomic E-state index is 5.91. The van der Waals surface area contributed by atoms with Gasteiger partial charge < -0.3 is 0 Å².